The maximum atomic E-state index is 13.4. The fourth-order valence-electron chi connectivity index (χ4n) is 18.2. The molecule has 13 aliphatic rings. The van der Waals surface area contributed by atoms with Gasteiger partial charge in [0.05, 0.1) is 38.3 Å². The Morgan fingerprint density at radius 1 is 0.500 bits per heavy atom. The number of carbonyl (C=O) groups is 2. The van der Waals surface area contributed by atoms with Gasteiger partial charge in [-0.15, -0.1) is 0 Å². The maximum absolute atomic E-state index is 13.4. The highest BCUT2D eigenvalue weighted by atomic mass is 16.5. The van der Waals surface area contributed by atoms with E-state index in [1.165, 1.54) is 0 Å². The monoisotopic (exact) mass is 436 g/mol. The molecule has 13 aliphatic carbocycles. The number of hydrogen-bond donors (Lipinski definition) is 0. The van der Waals surface area contributed by atoms with Crippen LogP contribution in [-0.4, -0.2) is 52.6 Å². The van der Waals surface area contributed by atoms with Crippen LogP contribution in [0.4, 0.5) is 0 Å². The van der Waals surface area contributed by atoms with Crippen LogP contribution in [0.1, 0.15) is 0 Å². The number of hydrogen-bond acceptors (Lipinski definition) is 6. The molecule has 8 unspecified atom stereocenters. The van der Waals surface area contributed by atoms with E-state index in [2.05, 4.69) is 0 Å². The van der Waals surface area contributed by atoms with Gasteiger partial charge in [-0.2, -0.15) is 0 Å². The van der Waals surface area contributed by atoms with Crippen LogP contribution in [-0.2, 0) is 28.5 Å². The smallest absolute Gasteiger partial charge is 0.309 e. The molecule has 6 nitrogen and oxygen atoms in total. The molecular formula is C26H28O6. The van der Waals surface area contributed by atoms with Crippen molar-refractivity contribution in [2.45, 2.75) is 12.2 Å². The highest BCUT2D eigenvalue weighted by molar-refractivity contribution is 5.85. The van der Waals surface area contributed by atoms with Crippen molar-refractivity contribution < 1.29 is 28.5 Å². The normalized spacial score (nSPS) is 80.9. The Bertz CT molecular complexity index is 983. The number of methoxy groups -OCH3 is 4. The average Bonchev–Trinajstić information content (AvgIpc) is 3.60. The molecule has 13 fully saturated rings. The Labute approximate surface area is 186 Å². The second kappa shape index (κ2) is 3.80. The molecule has 8 bridgehead atoms. The molecule has 0 aromatic rings. The first-order chi connectivity index (χ1) is 15.6. The van der Waals surface area contributed by atoms with Gasteiger partial charge in [0.2, 0.25) is 0 Å². The molecular weight excluding hydrogens is 408 g/mol. The van der Waals surface area contributed by atoms with Crippen LogP contribution in [0.25, 0.3) is 0 Å². The Kier molecular flexibility index (Phi) is 1.96. The summed E-state index contributed by atoms with van der Waals surface area (Å²) >= 11 is 0. The van der Waals surface area contributed by atoms with Crippen molar-refractivity contribution >= 4 is 11.9 Å². The average molecular weight is 437 g/mol. The zero-order valence-corrected chi connectivity index (χ0v) is 18.7. The van der Waals surface area contributed by atoms with E-state index in [9.17, 15) is 9.59 Å². The van der Waals surface area contributed by atoms with Gasteiger partial charge >= 0.3 is 11.9 Å². The van der Waals surface area contributed by atoms with Crippen LogP contribution in [0.2, 0.25) is 0 Å². The van der Waals surface area contributed by atoms with Gasteiger partial charge in [0, 0.05) is 14.2 Å². The number of esters is 2. The van der Waals surface area contributed by atoms with Gasteiger partial charge in [-0.3, -0.25) is 9.59 Å². The third-order valence-corrected chi connectivity index (χ3v) is 15.6. The quantitative estimate of drug-likeness (QED) is 0.615. The lowest BCUT2D eigenvalue weighted by atomic mass is 9.28. The SMILES string of the molecule is COC(=O)C1C2C3C4C1C15C6C(OC)C7C8C6C6C(OC)C8C8(C3C(C(=O)OC)C4C618)C725. The van der Waals surface area contributed by atoms with Gasteiger partial charge in [0.25, 0.3) is 0 Å². The summed E-state index contributed by atoms with van der Waals surface area (Å²) in [6.45, 7) is 0. The maximum Gasteiger partial charge on any atom is 0.309 e. The van der Waals surface area contributed by atoms with Crippen LogP contribution in [0.5, 0.6) is 0 Å². The second-order valence-corrected chi connectivity index (χ2v) is 13.5. The molecule has 32 heavy (non-hydrogen) atoms. The molecule has 8 atom stereocenters. The van der Waals surface area contributed by atoms with Crippen LogP contribution in [0.3, 0.4) is 0 Å². The predicted octanol–water partition coefficient (Wildman–Crippen LogP) is 1.08. The topological polar surface area (TPSA) is 71.1 Å². The van der Waals surface area contributed by atoms with E-state index in [0.717, 1.165) is 0 Å². The molecule has 4 spiro atoms. The lowest BCUT2D eigenvalue weighted by Crippen LogP contribution is -2.73. The summed E-state index contributed by atoms with van der Waals surface area (Å²) in [4.78, 5) is 26.8. The Balaban J connectivity index is 1.32. The van der Waals surface area contributed by atoms with Crippen molar-refractivity contribution in [1.29, 1.82) is 0 Å². The molecule has 0 aliphatic heterocycles. The van der Waals surface area contributed by atoms with Gasteiger partial charge < -0.3 is 18.9 Å². The van der Waals surface area contributed by atoms with Gasteiger partial charge in [-0.25, -0.2) is 0 Å². The summed E-state index contributed by atoms with van der Waals surface area (Å²) in [6, 6.07) is 0. The first-order valence-electron chi connectivity index (χ1n) is 12.8. The molecule has 0 aromatic carbocycles. The molecule has 168 valence electrons. The molecule has 0 heterocycles. The van der Waals surface area contributed by atoms with Crippen molar-refractivity contribution in [3.63, 3.8) is 0 Å². The zero-order valence-electron chi connectivity index (χ0n) is 18.7. The van der Waals surface area contributed by atoms with E-state index in [1.807, 2.05) is 14.2 Å². The molecule has 0 aromatic heterocycles. The summed E-state index contributed by atoms with van der Waals surface area (Å²) in [5.41, 5.74) is 0.802. The van der Waals surface area contributed by atoms with Crippen molar-refractivity contribution in [3.05, 3.63) is 0 Å². The van der Waals surface area contributed by atoms with Crippen LogP contribution in [0, 0.1) is 105 Å². The van der Waals surface area contributed by atoms with E-state index in [0.29, 0.717) is 83.2 Å². The summed E-state index contributed by atoms with van der Waals surface area (Å²) in [6.07, 6.45) is 0.712. The van der Waals surface area contributed by atoms with Crippen molar-refractivity contribution in [2.75, 3.05) is 28.4 Å². The summed E-state index contributed by atoms with van der Waals surface area (Å²) in [5, 5.41) is 0. The number of carbonyl (C=O) groups excluding carboxylic acids is 2. The van der Waals surface area contributed by atoms with Gasteiger partial charge in [0.1, 0.15) is 0 Å². The Morgan fingerprint density at radius 2 is 0.781 bits per heavy atom. The Hall–Kier alpha value is -1.14. The molecule has 13 rings (SSSR count). The van der Waals surface area contributed by atoms with Crippen molar-refractivity contribution in [2.24, 2.45) is 105 Å². The number of rotatable bonds is 4. The fourth-order valence-corrected chi connectivity index (χ4v) is 18.2. The lowest BCUT2D eigenvalue weighted by Gasteiger charge is -2.74. The van der Waals surface area contributed by atoms with Crippen LogP contribution >= 0.6 is 0 Å². The molecule has 13 saturated carbocycles. The lowest BCUT2D eigenvalue weighted by molar-refractivity contribution is -0.297. The first-order valence-corrected chi connectivity index (χ1v) is 12.8. The van der Waals surface area contributed by atoms with E-state index in [-0.39, 0.29) is 45.4 Å². The van der Waals surface area contributed by atoms with E-state index in [1.54, 1.807) is 14.2 Å². The third kappa shape index (κ3) is 0.767. The van der Waals surface area contributed by atoms with Crippen LogP contribution < -0.4 is 0 Å². The summed E-state index contributed by atoms with van der Waals surface area (Å²) in [7, 11) is 7.06. The first kappa shape index (κ1) is 16.5. The standard InChI is InChI=1S/C26H28O6/c1-29-19-15-7-8-16(19)24-12-6-5-11(9(12)21(27)31-3)23(15,24)25-13(5)10(22(28)32-4)14(6)26(24,25)18(8)20(30-2)17(7)25/h5-20H,1-4H3. The van der Waals surface area contributed by atoms with Gasteiger partial charge in [0.15, 0.2) is 0 Å². The Morgan fingerprint density at radius 3 is 1.03 bits per heavy atom. The third-order valence-electron chi connectivity index (χ3n) is 15.6. The molecule has 0 N–H and O–H groups in total. The van der Waals surface area contributed by atoms with E-state index < -0.39 is 0 Å². The minimum absolute atomic E-state index is 0.0467. The molecule has 0 amide bonds. The molecule has 0 saturated heterocycles. The zero-order chi connectivity index (χ0) is 21.2. The van der Waals surface area contributed by atoms with Crippen LogP contribution in [0.15, 0.2) is 0 Å². The second-order valence-electron chi connectivity index (χ2n) is 13.5. The molecule has 0 radical (unpaired) electrons. The molecule has 6 heteroatoms. The number of ether oxygens (including phenoxy) is 4. The van der Waals surface area contributed by atoms with E-state index >= 15 is 0 Å². The largest absolute Gasteiger partial charge is 0.469 e. The highest BCUT2D eigenvalue weighted by Gasteiger charge is 3.24. The minimum Gasteiger partial charge on any atom is -0.469 e. The minimum atomic E-state index is 0.0467. The predicted molar refractivity (Wildman–Crippen MR) is 104 cm³/mol. The van der Waals surface area contributed by atoms with Crippen molar-refractivity contribution in [1.82, 2.24) is 0 Å². The van der Waals surface area contributed by atoms with Crippen molar-refractivity contribution in [3.8, 4) is 0 Å². The van der Waals surface area contributed by atoms with E-state index in [4.69, 9.17) is 18.9 Å². The fraction of sp³-hybridized carbons (Fsp3) is 0.923. The summed E-state index contributed by atoms with van der Waals surface area (Å²) in [5.74, 6) is 6.46. The van der Waals surface area contributed by atoms with Gasteiger partial charge in [-0.1, -0.05) is 0 Å². The highest BCUT2D eigenvalue weighted by Crippen LogP contribution is 3.23. The van der Waals surface area contributed by atoms with Gasteiger partial charge in [-0.05, 0) is 92.7 Å². The summed E-state index contributed by atoms with van der Waals surface area (Å²) < 4.78 is 23.8.